The number of para-hydroxylation sites is 1. The minimum atomic E-state index is -0.525. The minimum absolute atomic E-state index is 0.0562. The lowest BCUT2D eigenvalue weighted by molar-refractivity contribution is -0.118. The van der Waals surface area contributed by atoms with Crippen LogP contribution in [0.5, 0.6) is 5.75 Å². The summed E-state index contributed by atoms with van der Waals surface area (Å²) in [5, 5.41) is 9.11. The number of carbonyl (C=O) groups is 2. The van der Waals surface area contributed by atoms with Crippen LogP contribution in [0.25, 0.3) is 0 Å². The van der Waals surface area contributed by atoms with Gasteiger partial charge in [0.05, 0.1) is 7.11 Å². The van der Waals surface area contributed by atoms with Crippen molar-refractivity contribution < 1.29 is 19.4 Å². The van der Waals surface area contributed by atoms with Gasteiger partial charge in [0.25, 0.3) is 0 Å². The fourth-order valence-electron chi connectivity index (χ4n) is 1.01. The van der Waals surface area contributed by atoms with Crippen LogP contribution in [0.1, 0.15) is 37.0 Å². The van der Waals surface area contributed by atoms with Crippen LogP contribution in [0, 0.1) is 0 Å². The van der Waals surface area contributed by atoms with Crippen molar-refractivity contribution in [2.24, 2.45) is 0 Å². The summed E-state index contributed by atoms with van der Waals surface area (Å²) < 4.78 is 4.42. The van der Waals surface area contributed by atoms with Gasteiger partial charge in [-0.15, -0.1) is 0 Å². The number of phenols is 1. The van der Waals surface area contributed by atoms with E-state index in [1.165, 1.54) is 19.2 Å². The predicted molar refractivity (Wildman–Crippen MR) is 65.0 cm³/mol. The highest BCUT2D eigenvalue weighted by molar-refractivity contribution is 5.92. The van der Waals surface area contributed by atoms with E-state index in [9.17, 15) is 9.59 Å². The first kappa shape index (κ1) is 15.2. The number of Topliss-reactive ketones (excluding diaryl/α,β-unsaturated/α-hetero) is 1. The van der Waals surface area contributed by atoms with Gasteiger partial charge in [-0.1, -0.05) is 26.0 Å². The van der Waals surface area contributed by atoms with E-state index in [1.807, 2.05) is 13.8 Å². The number of hydrogen-bond donors (Lipinski definition) is 1. The topological polar surface area (TPSA) is 63.6 Å². The number of phenolic OH excluding ortho intramolecular Hbond substituents is 1. The Morgan fingerprint density at radius 2 is 1.71 bits per heavy atom. The Morgan fingerprint density at radius 1 is 1.18 bits per heavy atom. The van der Waals surface area contributed by atoms with Crippen LogP contribution in [0.15, 0.2) is 24.3 Å². The number of rotatable bonds is 3. The van der Waals surface area contributed by atoms with Gasteiger partial charge in [-0.2, -0.15) is 0 Å². The molecule has 0 atom stereocenters. The molecule has 94 valence electrons. The molecule has 4 heteroatoms. The van der Waals surface area contributed by atoms with E-state index in [1.54, 1.807) is 12.1 Å². The normalized spacial score (nSPS) is 8.88. The summed E-state index contributed by atoms with van der Waals surface area (Å²) in [5.41, 5.74) is 0.190. The molecule has 4 nitrogen and oxygen atoms in total. The number of benzene rings is 1. The van der Waals surface area contributed by atoms with E-state index in [0.717, 1.165) is 0 Å². The number of aromatic hydroxyl groups is 1. The largest absolute Gasteiger partial charge is 0.507 e. The van der Waals surface area contributed by atoms with Gasteiger partial charge in [0.15, 0.2) is 0 Å². The summed E-state index contributed by atoms with van der Waals surface area (Å²) in [4.78, 5) is 21.0. The molecule has 17 heavy (non-hydrogen) atoms. The smallest absolute Gasteiger partial charge is 0.341 e. The van der Waals surface area contributed by atoms with Crippen LogP contribution in [-0.2, 0) is 9.53 Å². The van der Waals surface area contributed by atoms with Crippen LogP contribution in [0.3, 0.4) is 0 Å². The lowest BCUT2D eigenvalue weighted by Crippen LogP contribution is -2.00. The van der Waals surface area contributed by atoms with Crippen molar-refractivity contribution in [3.8, 4) is 5.75 Å². The highest BCUT2D eigenvalue weighted by atomic mass is 16.5. The molecule has 0 aliphatic heterocycles. The molecule has 0 saturated carbocycles. The molecular formula is C13H18O4. The fraction of sp³-hybridized carbons (Fsp3) is 0.385. The van der Waals surface area contributed by atoms with Gasteiger partial charge in [0.1, 0.15) is 17.1 Å². The van der Waals surface area contributed by atoms with Crippen LogP contribution in [-0.4, -0.2) is 24.0 Å². The van der Waals surface area contributed by atoms with Crippen molar-refractivity contribution in [2.75, 3.05) is 7.11 Å². The molecular weight excluding hydrogens is 220 g/mol. The zero-order valence-electron chi connectivity index (χ0n) is 10.4. The van der Waals surface area contributed by atoms with Gasteiger partial charge in [0, 0.05) is 12.8 Å². The summed E-state index contributed by atoms with van der Waals surface area (Å²) in [6.07, 6.45) is 1.38. The first-order valence-electron chi connectivity index (χ1n) is 5.44. The predicted octanol–water partition coefficient (Wildman–Crippen LogP) is 2.55. The summed E-state index contributed by atoms with van der Waals surface area (Å²) in [6.45, 7) is 3.76. The van der Waals surface area contributed by atoms with Crippen molar-refractivity contribution >= 4 is 11.8 Å². The van der Waals surface area contributed by atoms with Crippen LogP contribution in [0.4, 0.5) is 0 Å². The van der Waals surface area contributed by atoms with Crippen molar-refractivity contribution in [3.63, 3.8) is 0 Å². The van der Waals surface area contributed by atoms with Crippen molar-refractivity contribution in [1.29, 1.82) is 0 Å². The number of methoxy groups -OCH3 is 1. The van der Waals surface area contributed by atoms with Gasteiger partial charge in [-0.3, -0.25) is 4.79 Å². The van der Waals surface area contributed by atoms with Gasteiger partial charge in [-0.25, -0.2) is 4.79 Å². The number of ketones is 1. The second-order valence-electron chi connectivity index (χ2n) is 3.25. The standard InChI is InChI=1S/C8H8O3.C5H10O/c1-11-8(10)6-4-2-3-5-7(6)9;1-3-5(6)4-2/h2-5,9H,1H3;3-4H2,1-2H3. The SMILES string of the molecule is CCC(=O)CC.COC(=O)c1ccccc1O. The lowest BCUT2D eigenvalue weighted by atomic mass is 10.2. The maximum atomic E-state index is 10.9. The van der Waals surface area contributed by atoms with Gasteiger partial charge < -0.3 is 9.84 Å². The molecule has 0 aromatic heterocycles. The van der Waals surface area contributed by atoms with E-state index in [-0.39, 0.29) is 11.3 Å². The molecule has 1 N–H and O–H groups in total. The molecule has 0 heterocycles. The Morgan fingerprint density at radius 3 is 2.06 bits per heavy atom. The molecule has 1 aromatic rings. The second kappa shape index (κ2) is 8.33. The quantitative estimate of drug-likeness (QED) is 0.822. The number of ether oxygens (including phenoxy) is 1. The lowest BCUT2D eigenvalue weighted by Gasteiger charge is -1.99. The second-order valence-corrected chi connectivity index (χ2v) is 3.25. The zero-order chi connectivity index (χ0) is 13.3. The fourth-order valence-corrected chi connectivity index (χ4v) is 1.01. The molecule has 0 unspecified atom stereocenters. The van der Waals surface area contributed by atoms with Crippen molar-refractivity contribution in [1.82, 2.24) is 0 Å². The molecule has 1 aromatic carbocycles. The van der Waals surface area contributed by atoms with E-state index in [0.29, 0.717) is 18.6 Å². The molecule has 0 amide bonds. The number of carbonyl (C=O) groups excluding carboxylic acids is 2. The Hall–Kier alpha value is -1.84. The zero-order valence-corrected chi connectivity index (χ0v) is 10.4. The monoisotopic (exact) mass is 238 g/mol. The van der Waals surface area contributed by atoms with Gasteiger partial charge in [0.2, 0.25) is 0 Å². The summed E-state index contributed by atoms with van der Waals surface area (Å²) in [7, 11) is 1.27. The van der Waals surface area contributed by atoms with E-state index < -0.39 is 5.97 Å². The average molecular weight is 238 g/mol. The van der Waals surface area contributed by atoms with E-state index in [4.69, 9.17) is 5.11 Å². The third-order valence-electron chi connectivity index (χ3n) is 2.10. The number of esters is 1. The number of hydrogen-bond acceptors (Lipinski definition) is 4. The van der Waals surface area contributed by atoms with Gasteiger partial charge in [-0.05, 0) is 12.1 Å². The van der Waals surface area contributed by atoms with Crippen LogP contribution >= 0.6 is 0 Å². The molecule has 0 fully saturated rings. The Bertz CT molecular complexity index is 365. The minimum Gasteiger partial charge on any atom is -0.507 e. The summed E-state index contributed by atoms with van der Waals surface area (Å²) in [6, 6.07) is 6.24. The Balaban J connectivity index is 0.000000366. The third kappa shape index (κ3) is 5.70. The van der Waals surface area contributed by atoms with Gasteiger partial charge >= 0.3 is 5.97 Å². The third-order valence-corrected chi connectivity index (χ3v) is 2.10. The van der Waals surface area contributed by atoms with E-state index >= 15 is 0 Å². The molecule has 0 aliphatic rings. The maximum absolute atomic E-state index is 10.9. The highest BCUT2D eigenvalue weighted by Crippen LogP contribution is 2.15. The van der Waals surface area contributed by atoms with E-state index in [2.05, 4.69) is 4.74 Å². The molecule has 0 spiro atoms. The first-order chi connectivity index (χ1) is 8.06. The maximum Gasteiger partial charge on any atom is 0.341 e. The summed E-state index contributed by atoms with van der Waals surface area (Å²) >= 11 is 0. The molecule has 0 radical (unpaired) electrons. The molecule has 0 saturated heterocycles. The molecule has 1 rings (SSSR count). The Kier molecular flexibility index (Phi) is 7.43. The molecule has 0 aliphatic carbocycles. The highest BCUT2D eigenvalue weighted by Gasteiger charge is 2.08. The summed E-state index contributed by atoms with van der Waals surface area (Å²) in [5.74, 6) is -0.238. The van der Waals surface area contributed by atoms with Crippen molar-refractivity contribution in [2.45, 2.75) is 26.7 Å². The van der Waals surface area contributed by atoms with Crippen molar-refractivity contribution in [3.05, 3.63) is 29.8 Å². The Labute approximate surface area is 101 Å². The average Bonchev–Trinajstić information content (AvgIpc) is 2.38. The molecule has 0 bridgehead atoms. The first-order valence-corrected chi connectivity index (χ1v) is 5.44. The van der Waals surface area contributed by atoms with Crippen LogP contribution < -0.4 is 0 Å². The van der Waals surface area contributed by atoms with Crippen LogP contribution in [0.2, 0.25) is 0 Å².